The van der Waals surface area contributed by atoms with E-state index in [0.29, 0.717) is 23.5 Å². The number of thioether (sulfide) groups is 1. The van der Waals surface area contributed by atoms with E-state index in [0.717, 1.165) is 18.3 Å². The second-order valence-electron chi connectivity index (χ2n) is 8.23. The third kappa shape index (κ3) is 4.51. The summed E-state index contributed by atoms with van der Waals surface area (Å²) < 4.78 is 12.0. The van der Waals surface area contributed by atoms with E-state index in [1.807, 2.05) is 27.7 Å². The Hall–Kier alpha value is -1.20. The molecule has 154 valence electrons. The van der Waals surface area contributed by atoms with Crippen LogP contribution >= 0.6 is 11.8 Å². The normalized spacial score (nSPS) is 23.1. The molecule has 8 nitrogen and oxygen atoms in total. The summed E-state index contributed by atoms with van der Waals surface area (Å²) in [5, 5.41) is 19.4. The summed E-state index contributed by atoms with van der Waals surface area (Å²) in [4.78, 5) is 22.4. The van der Waals surface area contributed by atoms with E-state index >= 15 is 0 Å². The maximum absolute atomic E-state index is 11.9. The van der Waals surface area contributed by atoms with Crippen LogP contribution < -0.4 is 5.46 Å². The summed E-state index contributed by atoms with van der Waals surface area (Å²) in [6.45, 7) is 8.60. The molecule has 2 N–H and O–H groups in total. The lowest BCUT2D eigenvalue weighted by Crippen LogP contribution is -2.45. The van der Waals surface area contributed by atoms with Crippen molar-refractivity contribution in [3.63, 3.8) is 0 Å². The lowest BCUT2D eigenvalue weighted by Gasteiger charge is -2.32. The molecule has 2 saturated heterocycles. The third-order valence-corrected chi connectivity index (χ3v) is 6.88. The Kier molecular flexibility index (Phi) is 6.36. The van der Waals surface area contributed by atoms with Crippen molar-refractivity contribution >= 4 is 30.3 Å². The predicted molar refractivity (Wildman–Crippen MR) is 106 cm³/mol. The van der Waals surface area contributed by atoms with Crippen LogP contribution in [0.1, 0.15) is 40.5 Å². The SMILES string of the molecule is CC1(C)OB(c2cnc(SC3CCN(C(=O)[C@H](O)CO)CC3)nc2)OC1(C)C. The van der Waals surface area contributed by atoms with Gasteiger partial charge in [0.15, 0.2) is 11.3 Å². The second kappa shape index (κ2) is 8.27. The van der Waals surface area contributed by atoms with Gasteiger partial charge in [0, 0.05) is 36.2 Å². The van der Waals surface area contributed by atoms with Crippen molar-refractivity contribution in [3.8, 4) is 0 Å². The van der Waals surface area contributed by atoms with Crippen molar-refractivity contribution in [2.24, 2.45) is 0 Å². The number of likely N-dealkylation sites (tertiary alicyclic amines) is 1. The minimum atomic E-state index is -1.32. The first-order valence-electron chi connectivity index (χ1n) is 9.55. The lowest BCUT2D eigenvalue weighted by molar-refractivity contribution is -0.142. The summed E-state index contributed by atoms with van der Waals surface area (Å²) in [6.07, 6.45) is 3.74. The zero-order valence-corrected chi connectivity index (χ0v) is 17.6. The molecular formula is C18H28BN3O5S. The van der Waals surface area contributed by atoms with E-state index in [1.165, 1.54) is 0 Å². The molecule has 2 aliphatic heterocycles. The number of aromatic nitrogens is 2. The fourth-order valence-electron chi connectivity index (χ4n) is 3.12. The molecule has 3 rings (SSSR count). The Bertz CT molecular complexity index is 679. The number of rotatable bonds is 5. The van der Waals surface area contributed by atoms with Crippen LogP contribution in [0.5, 0.6) is 0 Å². The van der Waals surface area contributed by atoms with Gasteiger partial charge < -0.3 is 24.4 Å². The standard InChI is InChI=1S/C18H28BN3O5S/c1-17(2)18(3,4)27-19(26-17)12-9-20-16(21-10-12)28-13-5-7-22(8-6-13)15(25)14(24)11-23/h9-10,13-14,23-24H,5-8,11H2,1-4H3/t14-/m1/s1. The Morgan fingerprint density at radius 3 is 2.29 bits per heavy atom. The molecule has 0 unspecified atom stereocenters. The molecule has 0 radical (unpaired) electrons. The van der Waals surface area contributed by atoms with Crippen LogP contribution in [-0.4, -0.2) is 80.4 Å². The number of nitrogens with zero attached hydrogens (tertiary/aromatic N) is 3. The largest absolute Gasteiger partial charge is 0.498 e. The first-order valence-corrected chi connectivity index (χ1v) is 10.4. The summed E-state index contributed by atoms with van der Waals surface area (Å²) in [7, 11) is -0.476. The quantitative estimate of drug-likeness (QED) is 0.526. The van der Waals surface area contributed by atoms with Crippen molar-refractivity contribution in [2.45, 2.75) is 68.2 Å². The average molecular weight is 409 g/mol. The second-order valence-corrected chi connectivity index (χ2v) is 9.50. The van der Waals surface area contributed by atoms with Gasteiger partial charge in [-0.15, -0.1) is 0 Å². The van der Waals surface area contributed by atoms with Crippen LogP contribution in [0, 0.1) is 0 Å². The highest BCUT2D eigenvalue weighted by molar-refractivity contribution is 7.99. The molecule has 0 bridgehead atoms. The predicted octanol–water partition coefficient (Wildman–Crippen LogP) is 0.212. The molecule has 1 aromatic heterocycles. The number of aliphatic hydroxyl groups is 2. The van der Waals surface area contributed by atoms with E-state index in [1.54, 1.807) is 29.1 Å². The van der Waals surface area contributed by atoms with Crippen molar-refractivity contribution < 1.29 is 24.3 Å². The molecule has 0 saturated carbocycles. The van der Waals surface area contributed by atoms with Crippen molar-refractivity contribution in [1.29, 1.82) is 0 Å². The van der Waals surface area contributed by atoms with E-state index in [2.05, 4.69) is 9.97 Å². The zero-order chi connectivity index (χ0) is 20.5. The summed E-state index contributed by atoms with van der Waals surface area (Å²) in [5.74, 6) is -0.408. The fraction of sp³-hybridized carbons (Fsp3) is 0.722. The van der Waals surface area contributed by atoms with Gasteiger partial charge in [0.25, 0.3) is 5.91 Å². The number of hydrogen-bond donors (Lipinski definition) is 2. The first kappa shape index (κ1) is 21.5. The molecule has 1 atom stereocenters. The van der Waals surface area contributed by atoms with E-state index in [9.17, 15) is 9.90 Å². The van der Waals surface area contributed by atoms with E-state index < -0.39 is 36.9 Å². The smallest absolute Gasteiger partial charge is 0.399 e. The molecule has 28 heavy (non-hydrogen) atoms. The average Bonchev–Trinajstić information content (AvgIpc) is 2.89. The van der Waals surface area contributed by atoms with Gasteiger partial charge in [-0.05, 0) is 40.5 Å². The van der Waals surface area contributed by atoms with Gasteiger partial charge in [-0.1, -0.05) is 11.8 Å². The summed E-state index contributed by atoms with van der Waals surface area (Å²) in [5.41, 5.74) is -0.0124. The Labute approximate surface area is 170 Å². The zero-order valence-electron chi connectivity index (χ0n) is 16.8. The number of amides is 1. The third-order valence-electron chi connectivity index (χ3n) is 5.66. The molecule has 0 aliphatic carbocycles. The molecule has 10 heteroatoms. The number of aliphatic hydroxyl groups excluding tert-OH is 2. The minimum absolute atomic E-state index is 0.304. The molecule has 2 aliphatic rings. The van der Waals surface area contributed by atoms with Gasteiger partial charge in [-0.25, -0.2) is 9.97 Å². The molecule has 1 aromatic rings. The highest BCUT2D eigenvalue weighted by atomic mass is 32.2. The Morgan fingerprint density at radius 2 is 1.79 bits per heavy atom. The molecule has 0 spiro atoms. The molecular weight excluding hydrogens is 381 g/mol. The number of carbonyl (C=O) groups is 1. The Balaban J connectivity index is 1.53. The van der Waals surface area contributed by atoms with Crippen LogP contribution in [0.2, 0.25) is 0 Å². The maximum atomic E-state index is 11.9. The highest BCUT2D eigenvalue weighted by Crippen LogP contribution is 2.36. The van der Waals surface area contributed by atoms with Gasteiger partial charge in [0.05, 0.1) is 17.8 Å². The molecule has 2 fully saturated rings. The molecule has 1 amide bonds. The minimum Gasteiger partial charge on any atom is -0.399 e. The van der Waals surface area contributed by atoms with Crippen LogP contribution in [0.4, 0.5) is 0 Å². The van der Waals surface area contributed by atoms with Gasteiger partial charge in [-0.2, -0.15) is 0 Å². The van der Waals surface area contributed by atoms with Crippen LogP contribution in [0.3, 0.4) is 0 Å². The number of piperidine rings is 1. The van der Waals surface area contributed by atoms with Crippen molar-refractivity contribution in [3.05, 3.63) is 12.4 Å². The van der Waals surface area contributed by atoms with Gasteiger partial charge >= 0.3 is 7.12 Å². The summed E-state index contributed by atoms with van der Waals surface area (Å²) >= 11 is 1.59. The van der Waals surface area contributed by atoms with E-state index in [-0.39, 0.29) is 0 Å². The fourth-order valence-corrected chi connectivity index (χ4v) is 4.09. The van der Waals surface area contributed by atoms with E-state index in [4.69, 9.17) is 14.4 Å². The number of carbonyl (C=O) groups excluding carboxylic acids is 1. The molecule has 3 heterocycles. The number of hydrogen-bond acceptors (Lipinski definition) is 8. The monoisotopic (exact) mass is 409 g/mol. The maximum Gasteiger partial charge on any atom is 0.498 e. The van der Waals surface area contributed by atoms with Crippen LogP contribution in [-0.2, 0) is 14.1 Å². The van der Waals surface area contributed by atoms with Crippen LogP contribution in [0.25, 0.3) is 0 Å². The lowest BCUT2D eigenvalue weighted by atomic mass is 9.81. The highest BCUT2D eigenvalue weighted by Gasteiger charge is 2.52. The van der Waals surface area contributed by atoms with Crippen molar-refractivity contribution in [2.75, 3.05) is 19.7 Å². The van der Waals surface area contributed by atoms with Gasteiger partial charge in [0.1, 0.15) is 0 Å². The Morgan fingerprint density at radius 1 is 1.25 bits per heavy atom. The van der Waals surface area contributed by atoms with Gasteiger partial charge in [0.2, 0.25) is 0 Å². The van der Waals surface area contributed by atoms with Crippen molar-refractivity contribution in [1.82, 2.24) is 14.9 Å². The van der Waals surface area contributed by atoms with Gasteiger partial charge in [-0.3, -0.25) is 4.79 Å². The van der Waals surface area contributed by atoms with Crippen LogP contribution in [0.15, 0.2) is 17.6 Å². The topological polar surface area (TPSA) is 105 Å². The molecule has 0 aromatic carbocycles. The summed E-state index contributed by atoms with van der Waals surface area (Å²) in [6, 6.07) is 0. The first-order chi connectivity index (χ1) is 13.1.